The molecule has 0 saturated heterocycles. The maximum Gasteiger partial charge on any atom is 0.296 e. The maximum atomic E-state index is 10.8. The fourth-order valence-electron chi connectivity index (χ4n) is 1.14. The highest BCUT2D eigenvalue weighted by molar-refractivity contribution is 7.90. The molecule has 0 bridgehead atoms. The molecule has 0 saturated carbocycles. The van der Waals surface area contributed by atoms with Gasteiger partial charge in [0.2, 0.25) is 0 Å². The first-order valence-corrected chi connectivity index (χ1v) is 5.60. The molecular formula is C8H13N3O2S. The number of hydrogen-bond donors (Lipinski definition) is 3. The van der Waals surface area contributed by atoms with Gasteiger partial charge in [-0.05, 0) is 18.6 Å². The molecule has 5 nitrogen and oxygen atoms in total. The number of nitrogens with two attached hydrogens (primary N) is 2. The van der Waals surface area contributed by atoms with E-state index in [9.17, 15) is 8.42 Å². The normalized spacial score (nSPS) is 13.6. The maximum absolute atomic E-state index is 10.8. The predicted octanol–water partition coefficient (Wildman–Crippen LogP) is 0.322. The van der Waals surface area contributed by atoms with E-state index in [0.29, 0.717) is 11.3 Å². The molecule has 0 amide bonds. The van der Waals surface area contributed by atoms with Crippen molar-refractivity contribution in [3.8, 4) is 0 Å². The minimum absolute atomic E-state index is 0.250. The Bertz CT molecular complexity index is 414. The first kappa shape index (κ1) is 11.0. The lowest BCUT2D eigenvalue weighted by molar-refractivity contribution is 0.602. The van der Waals surface area contributed by atoms with Crippen LogP contribution in [-0.4, -0.2) is 8.42 Å². The van der Waals surface area contributed by atoms with Crippen molar-refractivity contribution in [3.63, 3.8) is 0 Å². The average Bonchev–Trinajstić information content (AvgIpc) is 2.01. The van der Waals surface area contributed by atoms with Crippen LogP contribution in [0.1, 0.15) is 18.5 Å². The van der Waals surface area contributed by atoms with Crippen LogP contribution >= 0.6 is 0 Å². The molecule has 0 radical (unpaired) electrons. The Morgan fingerprint density at radius 2 is 1.93 bits per heavy atom. The Hall–Kier alpha value is -1.11. The lowest BCUT2D eigenvalue weighted by Crippen LogP contribution is -2.23. The lowest BCUT2D eigenvalue weighted by atomic mass is 10.1. The minimum atomic E-state index is -3.74. The molecule has 0 fully saturated rings. The van der Waals surface area contributed by atoms with E-state index >= 15 is 0 Å². The van der Waals surface area contributed by atoms with Crippen molar-refractivity contribution in [3.05, 3.63) is 29.8 Å². The highest BCUT2D eigenvalue weighted by Crippen LogP contribution is 2.20. The van der Waals surface area contributed by atoms with Crippen LogP contribution < -0.4 is 15.6 Å². The number of rotatable bonds is 3. The monoisotopic (exact) mass is 215 g/mol. The molecule has 5 N–H and O–H groups in total. The summed E-state index contributed by atoms with van der Waals surface area (Å²) in [6, 6.07) is 6.61. The largest absolute Gasteiger partial charge is 0.324 e. The Morgan fingerprint density at radius 1 is 1.36 bits per heavy atom. The molecule has 1 atom stereocenters. The van der Waals surface area contributed by atoms with Crippen LogP contribution in [0.25, 0.3) is 0 Å². The van der Waals surface area contributed by atoms with Gasteiger partial charge in [0.1, 0.15) is 0 Å². The van der Waals surface area contributed by atoms with E-state index in [-0.39, 0.29) is 6.04 Å². The highest BCUT2D eigenvalue weighted by atomic mass is 32.2. The fraction of sp³-hybridized carbons (Fsp3) is 0.250. The summed E-state index contributed by atoms with van der Waals surface area (Å²) in [6.45, 7) is 1.77. The summed E-state index contributed by atoms with van der Waals surface area (Å²) in [5, 5.41) is 4.86. The van der Waals surface area contributed by atoms with Gasteiger partial charge < -0.3 is 5.73 Å². The van der Waals surface area contributed by atoms with Crippen LogP contribution in [0.3, 0.4) is 0 Å². The molecule has 1 aromatic rings. The van der Waals surface area contributed by atoms with Gasteiger partial charge in [-0.2, -0.15) is 8.42 Å². The number of benzene rings is 1. The topological polar surface area (TPSA) is 98.2 Å². The third-order valence-corrected chi connectivity index (χ3v) is 2.21. The Balaban J connectivity index is 3.08. The van der Waals surface area contributed by atoms with Gasteiger partial charge in [-0.1, -0.05) is 18.2 Å². The van der Waals surface area contributed by atoms with Gasteiger partial charge in [-0.25, -0.2) is 5.14 Å². The van der Waals surface area contributed by atoms with E-state index in [2.05, 4.69) is 4.72 Å². The highest BCUT2D eigenvalue weighted by Gasteiger charge is 2.09. The number of nitrogens with one attached hydrogen (secondary N) is 1. The van der Waals surface area contributed by atoms with Crippen LogP contribution in [-0.2, 0) is 10.2 Å². The van der Waals surface area contributed by atoms with Gasteiger partial charge in [0, 0.05) is 6.04 Å². The minimum Gasteiger partial charge on any atom is -0.324 e. The lowest BCUT2D eigenvalue weighted by Gasteiger charge is -2.12. The van der Waals surface area contributed by atoms with Crippen molar-refractivity contribution in [2.45, 2.75) is 13.0 Å². The van der Waals surface area contributed by atoms with Crippen molar-refractivity contribution in [2.75, 3.05) is 4.72 Å². The SMILES string of the molecule is CC(N)c1ccccc1NS(N)(=O)=O. The molecule has 0 spiro atoms. The molecule has 1 aromatic carbocycles. The van der Waals surface area contributed by atoms with Crippen molar-refractivity contribution >= 4 is 15.9 Å². The van der Waals surface area contributed by atoms with Gasteiger partial charge in [-0.15, -0.1) is 0 Å². The van der Waals surface area contributed by atoms with E-state index in [4.69, 9.17) is 10.9 Å². The van der Waals surface area contributed by atoms with Gasteiger partial charge in [0.15, 0.2) is 0 Å². The van der Waals surface area contributed by atoms with Crippen molar-refractivity contribution in [1.82, 2.24) is 0 Å². The van der Waals surface area contributed by atoms with Crippen LogP contribution in [0.2, 0.25) is 0 Å². The second-order valence-electron chi connectivity index (χ2n) is 3.02. The summed E-state index contributed by atoms with van der Waals surface area (Å²) in [7, 11) is -3.74. The summed E-state index contributed by atoms with van der Waals surface area (Å²) >= 11 is 0. The molecule has 0 aliphatic heterocycles. The van der Waals surface area contributed by atoms with Gasteiger partial charge in [0.05, 0.1) is 5.69 Å². The van der Waals surface area contributed by atoms with E-state index in [0.717, 1.165) is 0 Å². The summed E-state index contributed by atoms with van der Waals surface area (Å²) in [5.74, 6) is 0. The third kappa shape index (κ3) is 2.99. The predicted molar refractivity (Wildman–Crippen MR) is 55.8 cm³/mol. The molecule has 0 aliphatic carbocycles. The molecule has 6 heteroatoms. The Labute approximate surface area is 83.3 Å². The van der Waals surface area contributed by atoms with Gasteiger partial charge in [0.25, 0.3) is 10.2 Å². The molecule has 0 aliphatic rings. The van der Waals surface area contributed by atoms with Crippen molar-refractivity contribution in [2.24, 2.45) is 10.9 Å². The van der Waals surface area contributed by atoms with Crippen molar-refractivity contribution < 1.29 is 8.42 Å². The summed E-state index contributed by atoms with van der Waals surface area (Å²) in [6.07, 6.45) is 0. The molecule has 0 heterocycles. The zero-order chi connectivity index (χ0) is 10.8. The second kappa shape index (κ2) is 3.95. The summed E-state index contributed by atoms with van der Waals surface area (Å²) < 4.78 is 23.8. The Morgan fingerprint density at radius 3 is 2.43 bits per heavy atom. The number of anilines is 1. The molecule has 14 heavy (non-hydrogen) atoms. The van der Waals surface area contributed by atoms with Crippen LogP contribution in [0.5, 0.6) is 0 Å². The van der Waals surface area contributed by atoms with Crippen molar-refractivity contribution in [1.29, 1.82) is 0 Å². The number of para-hydroxylation sites is 1. The zero-order valence-electron chi connectivity index (χ0n) is 7.77. The second-order valence-corrected chi connectivity index (χ2v) is 4.32. The van der Waals surface area contributed by atoms with E-state index < -0.39 is 10.2 Å². The van der Waals surface area contributed by atoms with Gasteiger partial charge in [-0.3, -0.25) is 4.72 Å². The van der Waals surface area contributed by atoms with Crippen LogP contribution in [0.4, 0.5) is 5.69 Å². The van der Waals surface area contributed by atoms with E-state index in [1.165, 1.54) is 0 Å². The zero-order valence-corrected chi connectivity index (χ0v) is 8.58. The average molecular weight is 215 g/mol. The van der Waals surface area contributed by atoms with Crippen LogP contribution in [0, 0.1) is 0 Å². The van der Waals surface area contributed by atoms with E-state index in [1.807, 2.05) is 0 Å². The third-order valence-electron chi connectivity index (χ3n) is 1.70. The van der Waals surface area contributed by atoms with Gasteiger partial charge >= 0.3 is 0 Å². The standard InChI is InChI=1S/C8H13N3O2S/c1-6(9)7-4-2-3-5-8(7)11-14(10,12)13/h2-6,11H,9H2,1H3,(H2,10,12,13). The molecule has 1 rings (SSSR count). The molecule has 1 unspecified atom stereocenters. The number of hydrogen-bond acceptors (Lipinski definition) is 3. The first-order chi connectivity index (χ1) is 6.40. The smallest absolute Gasteiger partial charge is 0.296 e. The Kier molecular flexibility index (Phi) is 3.10. The van der Waals surface area contributed by atoms with E-state index in [1.54, 1.807) is 31.2 Å². The fourth-order valence-corrected chi connectivity index (χ4v) is 1.63. The summed E-state index contributed by atoms with van der Waals surface area (Å²) in [5.41, 5.74) is 6.79. The molecule has 0 aromatic heterocycles. The quantitative estimate of drug-likeness (QED) is 0.677. The molecular weight excluding hydrogens is 202 g/mol. The first-order valence-electron chi connectivity index (χ1n) is 4.05. The van der Waals surface area contributed by atoms with Crippen LogP contribution in [0.15, 0.2) is 24.3 Å². The molecule has 78 valence electrons. The summed E-state index contributed by atoms with van der Waals surface area (Å²) in [4.78, 5) is 0.